The highest BCUT2D eigenvalue weighted by Crippen LogP contribution is 2.35. The van der Waals surface area contributed by atoms with Crippen molar-refractivity contribution >= 4 is 5.97 Å². The zero-order chi connectivity index (χ0) is 12.3. The lowest BCUT2D eigenvalue weighted by Gasteiger charge is -2.21. The number of hydrogen-bond acceptors (Lipinski definition) is 1. The Kier molecular flexibility index (Phi) is 3.62. The monoisotopic (exact) mass is 228 g/mol. The summed E-state index contributed by atoms with van der Waals surface area (Å²) in [6.45, 7) is 2.87. The molecule has 1 aromatic carbocycles. The van der Waals surface area contributed by atoms with Crippen molar-refractivity contribution in [1.29, 1.82) is 0 Å². The summed E-state index contributed by atoms with van der Waals surface area (Å²) in [5.41, 5.74) is 0.270. The molecule has 16 heavy (non-hydrogen) atoms. The maximum absolute atomic E-state index is 13.6. The van der Waals surface area contributed by atoms with Gasteiger partial charge in [0.1, 0.15) is 0 Å². The molecule has 0 aliphatic rings. The minimum atomic E-state index is -2.92. The van der Waals surface area contributed by atoms with Gasteiger partial charge in [-0.15, -0.1) is 0 Å². The van der Waals surface area contributed by atoms with Crippen LogP contribution in [-0.4, -0.2) is 11.1 Å². The Labute approximate surface area is 92.9 Å². The van der Waals surface area contributed by atoms with Crippen LogP contribution in [0.5, 0.6) is 0 Å². The van der Waals surface area contributed by atoms with Crippen LogP contribution in [0.3, 0.4) is 0 Å². The first-order valence-corrected chi connectivity index (χ1v) is 5.03. The zero-order valence-electron chi connectivity index (χ0n) is 9.21. The van der Waals surface area contributed by atoms with Crippen molar-refractivity contribution in [3.63, 3.8) is 0 Å². The van der Waals surface area contributed by atoms with E-state index in [0.717, 1.165) is 0 Å². The van der Waals surface area contributed by atoms with Crippen molar-refractivity contribution in [2.24, 2.45) is 5.92 Å². The van der Waals surface area contributed by atoms with Gasteiger partial charge in [0, 0.05) is 11.5 Å². The van der Waals surface area contributed by atoms with Crippen LogP contribution in [-0.2, 0) is 17.1 Å². The fourth-order valence-corrected chi connectivity index (χ4v) is 1.40. The van der Waals surface area contributed by atoms with E-state index in [1.165, 1.54) is 38.1 Å². The Morgan fingerprint density at radius 3 is 2.56 bits per heavy atom. The summed E-state index contributed by atoms with van der Waals surface area (Å²) in [5.74, 6) is -4.76. The van der Waals surface area contributed by atoms with Crippen LogP contribution >= 0.6 is 0 Å². The number of rotatable bonds is 4. The highest BCUT2D eigenvalue weighted by atomic mass is 19.3. The topological polar surface area (TPSA) is 37.3 Å². The van der Waals surface area contributed by atoms with Crippen molar-refractivity contribution in [3.8, 4) is 0 Å². The zero-order valence-corrected chi connectivity index (χ0v) is 9.21. The van der Waals surface area contributed by atoms with E-state index in [-0.39, 0.29) is 12.0 Å². The molecule has 0 aliphatic carbocycles. The Balaban J connectivity index is 3.02. The van der Waals surface area contributed by atoms with E-state index in [0.29, 0.717) is 5.56 Å². The molecule has 0 aromatic heterocycles. The minimum Gasteiger partial charge on any atom is -0.481 e. The predicted molar refractivity (Wildman–Crippen MR) is 56.5 cm³/mol. The van der Waals surface area contributed by atoms with Crippen molar-refractivity contribution in [2.45, 2.75) is 26.2 Å². The first-order valence-electron chi connectivity index (χ1n) is 5.03. The molecule has 1 rings (SSSR count). The van der Waals surface area contributed by atoms with Crippen LogP contribution in [0.2, 0.25) is 0 Å². The summed E-state index contributed by atoms with van der Waals surface area (Å²) in [6.07, 6.45) is -0.234. The van der Waals surface area contributed by atoms with E-state index in [2.05, 4.69) is 0 Å². The molecule has 0 spiro atoms. The average molecular weight is 228 g/mol. The van der Waals surface area contributed by atoms with E-state index >= 15 is 0 Å². The van der Waals surface area contributed by atoms with Gasteiger partial charge in [0.05, 0.1) is 6.42 Å². The van der Waals surface area contributed by atoms with Gasteiger partial charge in [0.15, 0.2) is 0 Å². The maximum atomic E-state index is 13.6. The number of halogens is 2. The highest BCUT2D eigenvalue weighted by Gasteiger charge is 2.35. The average Bonchev–Trinajstić information content (AvgIpc) is 2.16. The Morgan fingerprint density at radius 2 is 2.06 bits per heavy atom. The quantitative estimate of drug-likeness (QED) is 0.859. The van der Waals surface area contributed by atoms with Crippen LogP contribution in [0.25, 0.3) is 0 Å². The summed E-state index contributed by atoms with van der Waals surface area (Å²) in [6, 6.07) is 5.58. The van der Waals surface area contributed by atoms with Crippen LogP contribution in [0.4, 0.5) is 8.78 Å². The maximum Gasteiger partial charge on any atom is 0.307 e. The van der Waals surface area contributed by atoms with Gasteiger partial charge < -0.3 is 5.11 Å². The molecule has 0 radical (unpaired) electrons. The Morgan fingerprint density at radius 1 is 1.44 bits per heavy atom. The Hall–Kier alpha value is -1.45. The number of carboxylic acids is 1. The van der Waals surface area contributed by atoms with Crippen LogP contribution in [0.1, 0.15) is 25.0 Å². The molecule has 1 N–H and O–H groups in total. The molecule has 4 heteroatoms. The molecule has 0 atom stereocenters. The molecular weight excluding hydrogens is 214 g/mol. The number of benzene rings is 1. The molecular formula is C12H14F2O2. The Bertz CT molecular complexity index is 386. The third kappa shape index (κ3) is 2.78. The lowest BCUT2D eigenvalue weighted by Crippen LogP contribution is -2.21. The van der Waals surface area contributed by atoms with Gasteiger partial charge >= 0.3 is 5.97 Å². The summed E-state index contributed by atoms with van der Waals surface area (Å²) in [4.78, 5) is 10.5. The minimum absolute atomic E-state index is 0.124. The largest absolute Gasteiger partial charge is 0.481 e. The normalized spacial score (nSPS) is 11.8. The lowest BCUT2D eigenvalue weighted by molar-refractivity contribution is -0.136. The smallest absolute Gasteiger partial charge is 0.307 e. The number of aliphatic carboxylic acids is 1. The predicted octanol–water partition coefficient (Wildman–Crippen LogP) is 3.06. The molecule has 88 valence electrons. The number of alkyl halides is 2. The molecule has 0 saturated heterocycles. The molecule has 0 bridgehead atoms. The van der Waals surface area contributed by atoms with Gasteiger partial charge in [-0.3, -0.25) is 4.79 Å². The summed E-state index contributed by atoms with van der Waals surface area (Å²) < 4.78 is 27.3. The van der Waals surface area contributed by atoms with Crippen molar-refractivity contribution in [1.82, 2.24) is 0 Å². The fourth-order valence-electron chi connectivity index (χ4n) is 1.40. The molecule has 0 saturated carbocycles. The molecule has 0 heterocycles. The van der Waals surface area contributed by atoms with E-state index in [1.807, 2.05) is 0 Å². The van der Waals surface area contributed by atoms with Crippen LogP contribution < -0.4 is 0 Å². The van der Waals surface area contributed by atoms with Gasteiger partial charge in [0.25, 0.3) is 5.92 Å². The standard InChI is InChI=1S/C12H14F2O2/c1-8(2)12(13,14)10-5-3-4-9(6-10)7-11(15)16/h3-6,8H,7H2,1-2H3,(H,15,16). The molecule has 2 nitrogen and oxygen atoms in total. The second-order valence-corrected chi connectivity index (χ2v) is 4.05. The number of carbonyl (C=O) groups is 1. The SMILES string of the molecule is CC(C)C(F)(F)c1cccc(CC(=O)O)c1. The fraction of sp³-hybridized carbons (Fsp3) is 0.417. The second kappa shape index (κ2) is 4.60. The van der Waals surface area contributed by atoms with Gasteiger partial charge in [-0.2, -0.15) is 0 Å². The van der Waals surface area contributed by atoms with Gasteiger partial charge in [-0.05, 0) is 11.6 Å². The van der Waals surface area contributed by atoms with Gasteiger partial charge in [-0.1, -0.05) is 32.0 Å². The number of hydrogen-bond donors (Lipinski definition) is 1. The molecule has 0 aliphatic heterocycles. The summed E-state index contributed by atoms with van der Waals surface area (Å²) in [5, 5.41) is 8.58. The van der Waals surface area contributed by atoms with E-state index in [9.17, 15) is 13.6 Å². The van der Waals surface area contributed by atoms with Crippen molar-refractivity contribution < 1.29 is 18.7 Å². The molecule has 0 amide bonds. The molecule has 0 unspecified atom stereocenters. The van der Waals surface area contributed by atoms with Crippen LogP contribution in [0.15, 0.2) is 24.3 Å². The van der Waals surface area contributed by atoms with E-state index in [1.54, 1.807) is 0 Å². The highest BCUT2D eigenvalue weighted by molar-refractivity contribution is 5.70. The summed E-state index contributed by atoms with van der Waals surface area (Å²) >= 11 is 0. The van der Waals surface area contributed by atoms with Crippen molar-refractivity contribution in [2.75, 3.05) is 0 Å². The third-order valence-corrected chi connectivity index (χ3v) is 2.39. The van der Waals surface area contributed by atoms with Gasteiger partial charge in [0.2, 0.25) is 0 Å². The van der Waals surface area contributed by atoms with E-state index < -0.39 is 17.8 Å². The molecule has 1 aromatic rings. The van der Waals surface area contributed by atoms with Crippen LogP contribution in [0, 0.1) is 5.92 Å². The van der Waals surface area contributed by atoms with Crippen molar-refractivity contribution in [3.05, 3.63) is 35.4 Å². The lowest BCUT2D eigenvalue weighted by atomic mass is 9.96. The molecule has 0 fully saturated rings. The third-order valence-electron chi connectivity index (χ3n) is 2.39. The first-order chi connectivity index (χ1) is 7.34. The van der Waals surface area contributed by atoms with E-state index in [4.69, 9.17) is 5.11 Å². The first kappa shape index (κ1) is 12.6. The number of carboxylic acid groups (broad SMARTS) is 1. The summed E-state index contributed by atoms with van der Waals surface area (Å²) in [7, 11) is 0. The second-order valence-electron chi connectivity index (χ2n) is 4.05. The van der Waals surface area contributed by atoms with Gasteiger partial charge in [-0.25, -0.2) is 8.78 Å².